The van der Waals surface area contributed by atoms with Gasteiger partial charge in [-0.25, -0.2) is 0 Å². The number of methoxy groups -OCH3 is 2. The molecule has 0 saturated heterocycles. The Bertz CT molecular complexity index is 1880. The zero-order valence-electron chi connectivity index (χ0n) is 29.6. The van der Waals surface area contributed by atoms with E-state index in [2.05, 4.69) is 59.3 Å². The van der Waals surface area contributed by atoms with Crippen molar-refractivity contribution in [3.63, 3.8) is 0 Å². The predicted molar refractivity (Wildman–Crippen MR) is 192 cm³/mol. The average molecular weight is 695 g/mol. The maximum absolute atomic E-state index is 9.00. The molecular formula is C41H46N2O8. The van der Waals surface area contributed by atoms with Crippen molar-refractivity contribution in [1.29, 1.82) is 0 Å². The van der Waals surface area contributed by atoms with Crippen molar-refractivity contribution >= 4 is 0 Å². The quantitative estimate of drug-likeness (QED) is 0.160. The first-order chi connectivity index (χ1) is 25.0. The molecule has 0 saturated carbocycles. The van der Waals surface area contributed by atoms with Crippen LogP contribution in [-0.2, 0) is 35.2 Å². The van der Waals surface area contributed by atoms with Crippen LogP contribution in [0, 0.1) is 0 Å². The Morgan fingerprint density at radius 3 is 2.22 bits per heavy atom. The van der Waals surface area contributed by atoms with Crippen LogP contribution in [0.2, 0.25) is 0 Å². The number of fused-ring (bicyclic) bond motifs is 2. The van der Waals surface area contributed by atoms with Crippen molar-refractivity contribution in [1.82, 2.24) is 9.80 Å². The number of hydrogen-bond donors (Lipinski definition) is 1. The molecule has 0 amide bonds. The molecular weight excluding hydrogens is 648 g/mol. The highest BCUT2D eigenvalue weighted by molar-refractivity contribution is 5.67. The third-order valence-electron chi connectivity index (χ3n) is 10.6. The molecule has 2 atom stereocenters. The second-order valence-electron chi connectivity index (χ2n) is 13.6. The summed E-state index contributed by atoms with van der Waals surface area (Å²) in [5, 5.41) is 9.00. The monoisotopic (exact) mass is 694 g/mol. The first kappa shape index (κ1) is 33.8. The highest BCUT2D eigenvalue weighted by atomic mass is 16.6. The van der Waals surface area contributed by atoms with E-state index in [9.17, 15) is 0 Å². The fourth-order valence-electron chi connectivity index (χ4n) is 7.94. The standard InChI is InChI=1S/C41H46N2O8/c1-42-12-10-29-24-38(46-3)40-41-39(29)33(42)20-26-4-7-30(8-5-26)49-35-22-27(6-9-34(35)45-2)21-32-31-25-37(51-41)36(50-40)23-28(31)11-13-43(32)14-16-47-18-19-48-17-15-44/h4-9,22-25,32-33,44H,10-21H2,1-3H3/t32-,33-/m0/s1. The molecule has 7 bridgehead atoms. The maximum Gasteiger partial charge on any atom is 0.212 e. The minimum Gasteiger partial charge on any atom is -0.493 e. The van der Waals surface area contributed by atoms with Crippen molar-refractivity contribution < 1.29 is 38.3 Å². The van der Waals surface area contributed by atoms with E-state index in [-0.39, 0.29) is 18.7 Å². The van der Waals surface area contributed by atoms with E-state index in [1.807, 2.05) is 18.2 Å². The number of hydrogen-bond acceptors (Lipinski definition) is 10. The minimum absolute atomic E-state index is 0.0109. The molecule has 4 aromatic rings. The minimum atomic E-state index is 0.0109. The molecule has 9 rings (SSSR count). The normalized spacial score (nSPS) is 19.1. The molecule has 10 nitrogen and oxygen atoms in total. The molecule has 0 aromatic heterocycles. The lowest BCUT2D eigenvalue weighted by Crippen LogP contribution is -2.39. The molecule has 10 heteroatoms. The molecule has 268 valence electrons. The van der Waals surface area contributed by atoms with Gasteiger partial charge in [-0.1, -0.05) is 18.2 Å². The van der Waals surface area contributed by atoms with Crippen molar-refractivity contribution in [3.8, 4) is 46.0 Å². The van der Waals surface area contributed by atoms with Crippen LogP contribution in [0.1, 0.15) is 45.5 Å². The van der Waals surface area contributed by atoms with Gasteiger partial charge in [-0.3, -0.25) is 9.80 Å². The first-order valence-corrected chi connectivity index (χ1v) is 17.9. The Labute approximate surface area is 299 Å². The van der Waals surface area contributed by atoms with Gasteiger partial charge in [0.05, 0.1) is 47.3 Å². The third-order valence-corrected chi connectivity index (χ3v) is 10.6. The van der Waals surface area contributed by atoms with Crippen LogP contribution in [-0.4, -0.2) is 88.8 Å². The Hall–Kier alpha value is -4.32. The van der Waals surface area contributed by atoms with E-state index < -0.39 is 0 Å². The summed E-state index contributed by atoms with van der Waals surface area (Å²) >= 11 is 0. The number of rotatable bonds is 10. The van der Waals surface area contributed by atoms with Crippen LogP contribution in [0.15, 0.2) is 60.7 Å². The van der Waals surface area contributed by atoms with Gasteiger partial charge >= 0.3 is 0 Å². The highest BCUT2D eigenvalue weighted by Crippen LogP contribution is 2.56. The zero-order valence-corrected chi connectivity index (χ0v) is 29.6. The SMILES string of the molecule is COc1ccc2cc1Oc1ccc(cc1)C[C@H]1c3c(cc(OC)c4c3Oc3cc5c(cc3O4)CCN(CCOCCOCCO)[C@H]5C2)CCN1C. The summed E-state index contributed by atoms with van der Waals surface area (Å²) in [6, 6.07) is 21.2. The van der Waals surface area contributed by atoms with Crippen LogP contribution in [0.25, 0.3) is 0 Å². The summed E-state index contributed by atoms with van der Waals surface area (Å²) in [4.78, 5) is 4.91. The van der Waals surface area contributed by atoms with Gasteiger partial charge in [0.2, 0.25) is 5.75 Å². The van der Waals surface area contributed by atoms with Gasteiger partial charge < -0.3 is 38.3 Å². The summed E-state index contributed by atoms with van der Waals surface area (Å²) in [5.74, 6) is 5.65. The van der Waals surface area contributed by atoms with Gasteiger partial charge in [-0.2, -0.15) is 0 Å². The molecule has 51 heavy (non-hydrogen) atoms. The Balaban J connectivity index is 1.22. The largest absolute Gasteiger partial charge is 0.493 e. The molecule has 0 unspecified atom stereocenters. The van der Waals surface area contributed by atoms with E-state index in [0.29, 0.717) is 55.2 Å². The van der Waals surface area contributed by atoms with Crippen LogP contribution < -0.4 is 23.7 Å². The van der Waals surface area contributed by atoms with Gasteiger partial charge in [-0.15, -0.1) is 0 Å². The van der Waals surface area contributed by atoms with Gasteiger partial charge in [0.1, 0.15) is 5.75 Å². The number of aliphatic hydroxyl groups excluding tert-OH is 1. The molecule has 0 radical (unpaired) electrons. The molecule has 5 aliphatic heterocycles. The van der Waals surface area contributed by atoms with E-state index in [1.54, 1.807) is 14.2 Å². The lowest BCUT2D eigenvalue weighted by molar-refractivity contribution is 0.0217. The van der Waals surface area contributed by atoms with Crippen molar-refractivity contribution in [3.05, 3.63) is 94.0 Å². The van der Waals surface area contributed by atoms with Crippen LogP contribution in [0.5, 0.6) is 46.0 Å². The average Bonchev–Trinajstić information content (AvgIpc) is 3.15. The number of benzene rings is 4. The fourth-order valence-corrected chi connectivity index (χ4v) is 7.94. The van der Waals surface area contributed by atoms with Gasteiger partial charge in [0.25, 0.3) is 0 Å². The number of aliphatic hydroxyl groups is 1. The summed E-state index contributed by atoms with van der Waals surface area (Å²) in [7, 11) is 5.56. The summed E-state index contributed by atoms with van der Waals surface area (Å²) in [5.41, 5.74) is 7.18. The topological polar surface area (TPSA) is 91.3 Å². The predicted octanol–water partition coefficient (Wildman–Crippen LogP) is 6.65. The van der Waals surface area contributed by atoms with Crippen LogP contribution in [0.3, 0.4) is 0 Å². The number of nitrogens with zero attached hydrogens (tertiary/aromatic N) is 2. The maximum atomic E-state index is 9.00. The van der Waals surface area contributed by atoms with Crippen molar-refractivity contribution in [2.24, 2.45) is 0 Å². The number of likely N-dealkylation sites (N-methyl/N-ethyl adjacent to an activating group) is 1. The summed E-state index contributed by atoms with van der Waals surface area (Å²) in [6.45, 7) is 4.40. The second-order valence-corrected chi connectivity index (χ2v) is 13.6. The fraction of sp³-hybridized carbons (Fsp3) is 0.415. The van der Waals surface area contributed by atoms with Crippen molar-refractivity contribution in [2.45, 2.75) is 37.8 Å². The number of ether oxygens (including phenoxy) is 7. The van der Waals surface area contributed by atoms with Gasteiger partial charge in [0, 0.05) is 37.3 Å². The molecule has 5 aliphatic rings. The molecule has 5 heterocycles. The lowest BCUT2D eigenvalue weighted by atomic mass is 9.86. The van der Waals surface area contributed by atoms with E-state index in [1.165, 1.54) is 22.3 Å². The Morgan fingerprint density at radius 2 is 1.41 bits per heavy atom. The molecule has 1 N–H and O–H groups in total. The highest BCUT2D eigenvalue weighted by Gasteiger charge is 2.37. The zero-order chi connectivity index (χ0) is 34.9. The molecule has 4 aromatic carbocycles. The Kier molecular flexibility index (Phi) is 9.76. The van der Waals surface area contributed by atoms with Crippen LogP contribution in [0.4, 0.5) is 0 Å². The van der Waals surface area contributed by atoms with Crippen LogP contribution >= 0.6 is 0 Å². The molecule has 0 spiro atoms. The van der Waals surface area contributed by atoms with E-state index in [0.717, 1.165) is 73.7 Å². The second kappa shape index (κ2) is 14.7. The Morgan fingerprint density at radius 1 is 0.686 bits per heavy atom. The third kappa shape index (κ3) is 6.74. The summed E-state index contributed by atoms with van der Waals surface area (Å²) < 4.78 is 43.3. The van der Waals surface area contributed by atoms with Gasteiger partial charge in [0.15, 0.2) is 34.5 Å². The lowest BCUT2D eigenvalue weighted by Gasteiger charge is -2.39. The van der Waals surface area contributed by atoms with Gasteiger partial charge in [-0.05, 0) is 103 Å². The first-order valence-electron chi connectivity index (χ1n) is 17.9. The molecule has 0 aliphatic carbocycles. The van der Waals surface area contributed by atoms with Crippen molar-refractivity contribution in [2.75, 3.05) is 73.9 Å². The smallest absolute Gasteiger partial charge is 0.212 e. The van der Waals surface area contributed by atoms with E-state index in [4.69, 9.17) is 38.3 Å². The van der Waals surface area contributed by atoms with E-state index >= 15 is 0 Å². The molecule has 0 fully saturated rings. The summed E-state index contributed by atoms with van der Waals surface area (Å²) in [6.07, 6.45) is 3.31.